The molecule has 0 aliphatic carbocycles. The molecular weight excluding hydrogens is 220 g/mol. The minimum Gasteiger partial charge on any atom is -0.472 e. The van der Waals surface area contributed by atoms with Gasteiger partial charge in [-0.1, -0.05) is 27.9 Å². The molecule has 0 saturated carbocycles. The van der Waals surface area contributed by atoms with Crippen molar-refractivity contribution in [2.24, 2.45) is 0 Å². The maximum Gasteiger partial charge on any atom is 0.382 e. The molecule has 3 heteroatoms. The summed E-state index contributed by atoms with van der Waals surface area (Å²) in [5.74, 6) is 3.42. The van der Waals surface area contributed by atoms with Gasteiger partial charge in [-0.15, -0.1) is 0 Å². The quantitative estimate of drug-likeness (QED) is 0.684. The zero-order chi connectivity index (χ0) is 8.97. The van der Waals surface area contributed by atoms with Crippen molar-refractivity contribution in [1.82, 2.24) is 0 Å². The van der Waals surface area contributed by atoms with Crippen LogP contribution in [0.3, 0.4) is 0 Å². The van der Waals surface area contributed by atoms with Crippen molar-refractivity contribution >= 4 is 21.9 Å². The lowest BCUT2D eigenvalue weighted by atomic mass is 10.2. The van der Waals surface area contributed by atoms with Gasteiger partial charge < -0.3 is 5.11 Å². The van der Waals surface area contributed by atoms with Gasteiger partial charge in [0.25, 0.3) is 0 Å². The number of carboxylic acids is 1. The van der Waals surface area contributed by atoms with Gasteiger partial charge in [0.1, 0.15) is 0 Å². The Hall–Kier alpha value is -1.27. The van der Waals surface area contributed by atoms with Crippen LogP contribution in [0.25, 0.3) is 0 Å². The van der Waals surface area contributed by atoms with E-state index in [0.717, 1.165) is 4.47 Å². The molecule has 0 aliphatic rings. The van der Waals surface area contributed by atoms with Crippen LogP contribution in [-0.4, -0.2) is 11.1 Å². The van der Waals surface area contributed by atoms with E-state index in [1.807, 2.05) is 12.0 Å². The van der Waals surface area contributed by atoms with Crippen LogP contribution >= 0.6 is 15.9 Å². The average molecular weight is 225 g/mol. The summed E-state index contributed by atoms with van der Waals surface area (Å²) >= 11 is 3.25. The predicted molar refractivity (Wildman–Crippen MR) is 48.7 cm³/mol. The molecule has 0 saturated heterocycles. The van der Waals surface area contributed by atoms with Gasteiger partial charge in [0.05, 0.1) is 0 Å². The molecule has 0 heterocycles. The fourth-order valence-corrected chi connectivity index (χ4v) is 1.09. The number of aliphatic carboxylic acids is 1. The maximum atomic E-state index is 10.1. The molecule has 0 amide bonds. The van der Waals surface area contributed by atoms with Crippen molar-refractivity contribution in [2.45, 2.75) is 0 Å². The fraction of sp³-hybridized carbons (Fsp3) is 0. The molecule has 60 valence electrons. The van der Waals surface area contributed by atoms with E-state index in [4.69, 9.17) is 5.11 Å². The summed E-state index contributed by atoms with van der Waals surface area (Å²) in [6.07, 6.45) is 0. The Morgan fingerprint density at radius 2 is 2.25 bits per heavy atom. The first-order chi connectivity index (χ1) is 5.68. The largest absolute Gasteiger partial charge is 0.472 e. The summed E-state index contributed by atoms with van der Waals surface area (Å²) in [6, 6.07) is 7.17. The summed E-state index contributed by atoms with van der Waals surface area (Å²) < 4.78 is 0.889. The first kappa shape index (κ1) is 8.82. The van der Waals surface area contributed by atoms with Crippen LogP contribution in [0.4, 0.5) is 0 Å². The summed E-state index contributed by atoms with van der Waals surface area (Å²) in [6.45, 7) is 0. The van der Waals surface area contributed by atoms with Crippen LogP contribution in [-0.2, 0) is 4.79 Å². The Balaban J connectivity index is 2.92. The molecule has 1 rings (SSSR count). The van der Waals surface area contributed by atoms with E-state index in [-0.39, 0.29) is 0 Å². The maximum absolute atomic E-state index is 10.1. The molecule has 0 radical (unpaired) electrons. The number of carboxylic acid groups (broad SMARTS) is 1. The van der Waals surface area contributed by atoms with Crippen molar-refractivity contribution in [2.75, 3.05) is 0 Å². The molecule has 12 heavy (non-hydrogen) atoms. The van der Waals surface area contributed by atoms with Crippen LogP contribution < -0.4 is 0 Å². The molecule has 0 atom stereocenters. The third kappa shape index (κ3) is 2.77. The van der Waals surface area contributed by atoms with Gasteiger partial charge in [-0.25, -0.2) is 4.79 Å². The SMILES string of the molecule is O=C(O)C#Cc1cccc(Br)c1. The second-order valence-electron chi connectivity index (χ2n) is 2.07. The lowest BCUT2D eigenvalue weighted by Crippen LogP contribution is -1.86. The molecule has 1 aromatic carbocycles. The predicted octanol–water partition coefficient (Wildman–Crippen LogP) is 1.89. The van der Waals surface area contributed by atoms with E-state index < -0.39 is 5.97 Å². The summed E-state index contributed by atoms with van der Waals surface area (Å²) in [7, 11) is 0. The molecule has 0 aromatic heterocycles. The van der Waals surface area contributed by atoms with Crippen LogP contribution in [0.2, 0.25) is 0 Å². The average Bonchev–Trinajstić information content (AvgIpc) is 2.01. The lowest BCUT2D eigenvalue weighted by molar-refractivity contribution is -0.130. The smallest absolute Gasteiger partial charge is 0.382 e. The highest BCUT2D eigenvalue weighted by Crippen LogP contribution is 2.10. The van der Waals surface area contributed by atoms with E-state index in [0.29, 0.717) is 5.56 Å². The van der Waals surface area contributed by atoms with E-state index in [9.17, 15) is 4.79 Å². The second-order valence-corrected chi connectivity index (χ2v) is 2.98. The third-order valence-electron chi connectivity index (χ3n) is 1.14. The molecular formula is C9H5BrO2. The highest BCUT2D eigenvalue weighted by molar-refractivity contribution is 9.10. The van der Waals surface area contributed by atoms with E-state index in [1.165, 1.54) is 0 Å². The van der Waals surface area contributed by atoms with Gasteiger partial charge in [0.2, 0.25) is 0 Å². The van der Waals surface area contributed by atoms with E-state index >= 15 is 0 Å². The Morgan fingerprint density at radius 1 is 1.50 bits per heavy atom. The molecule has 2 nitrogen and oxygen atoms in total. The van der Waals surface area contributed by atoms with Crippen molar-refractivity contribution in [3.63, 3.8) is 0 Å². The third-order valence-corrected chi connectivity index (χ3v) is 1.63. The fourth-order valence-electron chi connectivity index (χ4n) is 0.692. The van der Waals surface area contributed by atoms with Crippen LogP contribution in [0, 0.1) is 11.8 Å². The van der Waals surface area contributed by atoms with Crippen molar-refractivity contribution in [3.8, 4) is 11.8 Å². The summed E-state index contributed by atoms with van der Waals surface area (Å²) in [4.78, 5) is 10.1. The number of benzene rings is 1. The molecule has 0 spiro atoms. The highest BCUT2D eigenvalue weighted by Gasteiger charge is 1.89. The van der Waals surface area contributed by atoms with Gasteiger partial charge in [-0.3, -0.25) is 0 Å². The molecule has 1 N–H and O–H groups in total. The molecule has 0 unspecified atom stereocenters. The van der Waals surface area contributed by atoms with E-state index in [1.54, 1.807) is 18.2 Å². The first-order valence-electron chi connectivity index (χ1n) is 3.19. The Labute approximate surface area is 78.3 Å². The van der Waals surface area contributed by atoms with Crippen molar-refractivity contribution < 1.29 is 9.90 Å². The number of carbonyl (C=O) groups is 1. The minimum atomic E-state index is -1.12. The molecule has 1 aromatic rings. The zero-order valence-corrected chi connectivity index (χ0v) is 7.63. The van der Waals surface area contributed by atoms with Gasteiger partial charge in [-0.2, -0.15) is 0 Å². The zero-order valence-electron chi connectivity index (χ0n) is 6.04. The van der Waals surface area contributed by atoms with Crippen LogP contribution in [0.15, 0.2) is 28.7 Å². The Bertz CT molecular complexity index is 360. The van der Waals surface area contributed by atoms with Gasteiger partial charge in [0.15, 0.2) is 0 Å². The highest BCUT2D eigenvalue weighted by atomic mass is 79.9. The van der Waals surface area contributed by atoms with Crippen molar-refractivity contribution in [1.29, 1.82) is 0 Å². The molecule has 0 fully saturated rings. The number of halogens is 1. The number of rotatable bonds is 0. The number of hydrogen-bond acceptors (Lipinski definition) is 1. The second kappa shape index (κ2) is 3.93. The monoisotopic (exact) mass is 224 g/mol. The molecule has 0 bridgehead atoms. The van der Waals surface area contributed by atoms with Crippen molar-refractivity contribution in [3.05, 3.63) is 34.3 Å². The van der Waals surface area contributed by atoms with Gasteiger partial charge >= 0.3 is 5.97 Å². The van der Waals surface area contributed by atoms with Crippen LogP contribution in [0.5, 0.6) is 0 Å². The van der Waals surface area contributed by atoms with Gasteiger partial charge in [0, 0.05) is 16.0 Å². The first-order valence-corrected chi connectivity index (χ1v) is 3.98. The Kier molecular flexibility index (Phi) is 2.89. The van der Waals surface area contributed by atoms with Crippen LogP contribution in [0.1, 0.15) is 5.56 Å². The minimum absolute atomic E-state index is 0.687. The lowest BCUT2D eigenvalue weighted by Gasteiger charge is -1.89. The number of hydrogen-bond donors (Lipinski definition) is 1. The van der Waals surface area contributed by atoms with Gasteiger partial charge in [-0.05, 0) is 18.2 Å². The summed E-state index contributed by atoms with van der Waals surface area (Å²) in [5.41, 5.74) is 0.687. The van der Waals surface area contributed by atoms with E-state index in [2.05, 4.69) is 21.9 Å². The Morgan fingerprint density at radius 3 is 2.83 bits per heavy atom. The summed E-state index contributed by atoms with van der Waals surface area (Å²) in [5, 5.41) is 8.26. The normalized spacial score (nSPS) is 8.42. The standard InChI is InChI=1S/C9H5BrO2/c10-8-3-1-2-7(6-8)4-5-9(11)12/h1-3,6H,(H,11,12). The topological polar surface area (TPSA) is 37.3 Å². The molecule has 0 aliphatic heterocycles.